The molecule has 5 nitrogen and oxygen atoms in total. The summed E-state index contributed by atoms with van der Waals surface area (Å²) in [6.07, 6.45) is -4.55. The maximum atomic E-state index is 9.10. The molecular weight excluding hydrogens is 150 g/mol. The zero-order valence-corrected chi connectivity index (χ0v) is 6.01. The highest BCUT2D eigenvalue weighted by Crippen LogP contribution is 2.07. The molecule has 0 aromatic heterocycles. The summed E-state index contributed by atoms with van der Waals surface area (Å²) in [6.45, 7) is 0.380. The highest BCUT2D eigenvalue weighted by molar-refractivity contribution is 4.86. The lowest BCUT2D eigenvalue weighted by Crippen LogP contribution is -2.43. The first-order chi connectivity index (χ1) is 5.13. The van der Waals surface area contributed by atoms with Gasteiger partial charge in [0.1, 0.15) is 12.2 Å². The van der Waals surface area contributed by atoms with Crippen molar-refractivity contribution in [2.45, 2.75) is 24.4 Å². The topological polar surface area (TPSA) is 93.0 Å². The maximum Gasteiger partial charge on any atom is 0.110 e. The van der Waals surface area contributed by atoms with Gasteiger partial charge in [0.25, 0.3) is 0 Å². The number of nitrogens with one attached hydrogen (secondary N) is 1. The van der Waals surface area contributed by atoms with E-state index in [4.69, 9.17) is 20.4 Å². The molecule has 1 fully saturated rings. The number of aliphatic hydroxyl groups excluding tert-OH is 4. The van der Waals surface area contributed by atoms with E-state index in [9.17, 15) is 0 Å². The van der Waals surface area contributed by atoms with E-state index >= 15 is 0 Å². The minimum absolute atomic E-state index is 0.190. The van der Waals surface area contributed by atoms with Crippen LogP contribution in [0.4, 0.5) is 0 Å². The van der Waals surface area contributed by atoms with E-state index in [-0.39, 0.29) is 13.1 Å². The number of rotatable bonds is 0. The van der Waals surface area contributed by atoms with Gasteiger partial charge < -0.3 is 25.7 Å². The van der Waals surface area contributed by atoms with E-state index in [0.717, 1.165) is 0 Å². The molecule has 0 bridgehead atoms. The molecule has 66 valence electrons. The molecule has 4 atom stereocenters. The Bertz CT molecular complexity index is 118. The van der Waals surface area contributed by atoms with Gasteiger partial charge in [0.2, 0.25) is 0 Å². The van der Waals surface area contributed by atoms with E-state index in [0.29, 0.717) is 0 Å². The predicted molar refractivity (Wildman–Crippen MR) is 36.9 cm³/mol. The van der Waals surface area contributed by atoms with Crippen LogP contribution in [-0.2, 0) is 0 Å². The number of β-amino-alcohol motifs (C(OH)–C–C–N with tert-alkyl or cyclic N) is 2. The molecule has 0 amide bonds. The predicted octanol–water partition coefficient (Wildman–Crippen LogP) is -2.97. The third-order valence-electron chi connectivity index (χ3n) is 1.85. The normalized spacial score (nSPS) is 46.9. The Morgan fingerprint density at radius 2 is 1.18 bits per heavy atom. The van der Waals surface area contributed by atoms with Crippen molar-refractivity contribution in [3.8, 4) is 0 Å². The smallest absolute Gasteiger partial charge is 0.110 e. The molecule has 1 aliphatic rings. The molecular formula is C6H13NO4. The van der Waals surface area contributed by atoms with Crippen LogP contribution in [0.3, 0.4) is 0 Å². The fourth-order valence-electron chi connectivity index (χ4n) is 1.08. The third kappa shape index (κ3) is 1.88. The Labute approximate surface area is 64.3 Å². The van der Waals surface area contributed by atoms with Gasteiger partial charge in [0.05, 0.1) is 12.2 Å². The Morgan fingerprint density at radius 3 is 1.55 bits per heavy atom. The first-order valence-corrected chi connectivity index (χ1v) is 3.56. The van der Waals surface area contributed by atoms with Crippen molar-refractivity contribution in [1.29, 1.82) is 0 Å². The monoisotopic (exact) mass is 163 g/mol. The van der Waals surface area contributed by atoms with Gasteiger partial charge in [-0.2, -0.15) is 0 Å². The molecule has 1 saturated heterocycles. The van der Waals surface area contributed by atoms with E-state index in [1.807, 2.05) is 0 Å². The Kier molecular flexibility index (Phi) is 2.80. The van der Waals surface area contributed by atoms with Gasteiger partial charge in [-0.3, -0.25) is 0 Å². The average molecular weight is 163 g/mol. The van der Waals surface area contributed by atoms with Crippen LogP contribution in [-0.4, -0.2) is 57.9 Å². The lowest BCUT2D eigenvalue weighted by atomic mass is 10.1. The van der Waals surface area contributed by atoms with Crippen molar-refractivity contribution < 1.29 is 20.4 Å². The first-order valence-electron chi connectivity index (χ1n) is 3.56. The molecule has 0 aliphatic carbocycles. The summed E-state index contributed by atoms with van der Waals surface area (Å²) in [6, 6.07) is 0. The molecule has 5 heteroatoms. The number of hydrogen-bond acceptors (Lipinski definition) is 5. The van der Waals surface area contributed by atoms with Crippen molar-refractivity contribution in [2.24, 2.45) is 0 Å². The summed E-state index contributed by atoms with van der Waals surface area (Å²) in [5.41, 5.74) is 0. The molecule has 11 heavy (non-hydrogen) atoms. The Balaban J connectivity index is 2.58. The van der Waals surface area contributed by atoms with Gasteiger partial charge in [0, 0.05) is 13.1 Å². The molecule has 0 aromatic rings. The summed E-state index contributed by atoms with van der Waals surface area (Å²) in [7, 11) is 0. The standard InChI is InChI=1S/C6H13NO4/c8-3-1-7-2-4(9)6(11)5(3)10/h3-11H,1-2H2. The molecule has 0 aromatic carbocycles. The van der Waals surface area contributed by atoms with Gasteiger partial charge in [-0.15, -0.1) is 0 Å². The summed E-state index contributed by atoms with van der Waals surface area (Å²) < 4.78 is 0. The lowest BCUT2D eigenvalue weighted by molar-refractivity contribution is -0.0894. The van der Waals surface area contributed by atoms with E-state index < -0.39 is 24.4 Å². The zero-order chi connectivity index (χ0) is 8.43. The van der Waals surface area contributed by atoms with Gasteiger partial charge in [-0.05, 0) is 0 Å². The molecule has 0 radical (unpaired) electrons. The fourth-order valence-corrected chi connectivity index (χ4v) is 1.08. The van der Waals surface area contributed by atoms with Crippen LogP contribution in [0.1, 0.15) is 0 Å². The van der Waals surface area contributed by atoms with E-state index in [1.165, 1.54) is 0 Å². The van der Waals surface area contributed by atoms with Crippen molar-refractivity contribution >= 4 is 0 Å². The first kappa shape index (κ1) is 8.89. The number of hydrogen-bond donors (Lipinski definition) is 5. The Morgan fingerprint density at radius 1 is 0.818 bits per heavy atom. The highest BCUT2D eigenvalue weighted by atomic mass is 16.4. The van der Waals surface area contributed by atoms with Crippen molar-refractivity contribution in [3.63, 3.8) is 0 Å². The van der Waals surface area contributed by atoms with Crippen LogP contribution in [0, 0.1) is 0 Å². The summed E-state index contributed by atoms with van der Waals surface area (Å²) in [5, 5.41) is 39.0. The van der Waals surface area contributed by atoms with Crippen molar-refractivity contribution in [3.05, 3.63) is 0 Å². The minimum Gasteiger partial charge on any atom is -0.389 e. The lowest BCUT2D eigenvalue weighted by Gasteiger charge is -2.21. The molecule has 1 rings (SSSR count). The van der Waals surface area contributed by atoms with Crippen molar-refractivity contribution in [2.75, 3.05) is 13.1 Å². The second kappa shape index (κ2) is 3.46. The van der Waals surface area contributed by atoms with Crippen LogP contribution < -0.4 is 5.32 Å². The third-order valence-corrected chi connectivity index (χ3v) is 1.85. The van der Waals surface area contributed by atoms with Gasteiger partial charge in [0.15, 0.2) is 0 Å². The van der Waals surface area contributed by atoms with Crippen LogP contribution in [0.5, 0.6) is 0 Å². The van der Waals surface area contributed by atoms with Crippen LogP contribution >= 0.6 is 0 Å². The minimum atomic E-state index is -1.26. The van der Waals surface area contributed by atoms with Gasteiger partial charge in [-0.25, -0.2) is 0 Å². The Hall–Kier alpha value is -0.200. The second-order valence-electron chi connectivity index (χ2n) is 2.77. The van der Waals surface area contributed by atoms with Gasteiger partial charge >= 0.3 is 0 Å². The SMILES string of the molecule is OC1CNCC(O)C(O)C1O. The van der Waals surface area contributed by atoms with Crippen LogP contribution in [0.15, 0.2) is 0 Å². The molecule has 1 heterocycles. The number of aliphatic hydroxyl groups is 4. The van der Waals surface area contributed by atoms with Crippen LogP contribution in [0.2, 0.25) is 0 Å². The summed E-state index contributed by atoms with van der Waals surface area (Å²) >= 11 is 0. The molecule has 0 saturated carbocycles. The van der Waals surface area contributed by atoms with Crippen LogP contribution in [0.25, 0.3) is 0 Å². The molecule has 4 unspecified atom stereocenters. The fraction of sp³-hybridized carbons (Fsp3) is 1.00. The largest absolute Gasteiger partial charge is 0.389 e. The molecule has 0 spiro atoms. The quantitative estimate of drug-likeness (QED) is 0.263. The van der Waals surface area contributed by atoms with E-state index in [1.54, 1.807) is 0 Å². The van der Waals surface area contributed by atoms with Crippen molar-refractivity contribution in [1.82, 2.24) is 5.32 Å². The molecule has 5 N–H and O–H groups in total. The highest BCUT2D eigenvalue weighted by Gasteiger charge is 2.32. The maximum absolute atomic E-state index is 9.10. The summed E-state index contributed by atoms with van der Waals surface area (Å²) in [4.78, 5) is 0. The second-order valence-corrected chi connectivity index (χ2v) is 2.77. The zero-order valence-electron chi connectivity index (χ0n) is 6.01. The van der Waals surface area contributed by atoms with Gasteiger partial charge in [-0.1, -0.05) is 0 Å². The van der Waals surface area contributed by atoms with E-state index in [2.05, 4.69) is 5.32 Å². The molecule has 1 aliphatic heterocycles. The average Bonchev–Trinajstić information content (AvgIpc) is 2.07. The summed E-state index contributed by atoms with van der Waals surface area (Å²) in [5.74, 6) is 0.